The van der Waals surface area contributed by atoms with Gasteiger partial charge in [0.1, 0.15) is 5.15 Å². The molecule has 0 fully saturated rings. The van der Waals surface area contributed by atoms with Crippen molar-refractivity contribution >= 4 is 35.1 Å². The second-order valence-corrected chi connectivity index (χ2v) is 4.21. The fraction of sp³-hybridized carbons (Fsp3) is 0.300. The summed E-state index contributed by atoms with van der Waals surface area (Å²) >= 11 is 11.3. The highest BCUT2D eigenvalue weighted by atomic mass is 35.5. The number of amides is 1. The van der Waals surface area contributed by atoms with Crippen LogP contribution in [-0.4, -0.2) is 28.5 Å². The van der Waals surface area contributed by atoms with E-state index in [9.17, 15) is 9.59 Å². The fourth-order valence-corrected chi connectivity index (χ4v) is 1.25. The molecule has 0 aliphatic heterocycles. The molecule has 1 atom stereocenters. The van der Waals surface area contributed by atoms with Gasteiger partial charge in [-0.1, -0.05) is 30.1 Å². The highest BCUT2D eigenvalue weighted by Crippen LogP contribution is 2.19. The Morgan fingerprint density at radius 1 is 1.53 bits per heavy atom. The van der Waals surface area contributed by atoms with Crippen LogP contribution in [0.15, 0.2) is 12.3 Å². The molecule has 0 spiro atoms. The lowest BCUT2D eigenvalue weighted by atomic mass is 10.2. The van der Waals surface area contributed by atoms with Crippen LogP contribution in [0.4, 0.5) is 0 Å². The number of carboxylic acid groups (broad SMARTS) is 1. The van der Waals surface area contributed by atoms with Gasteiger partial charge < -0.3 is 10.4 Å². The number of carbonyl (C=O) groups excluding carboxylic acids is 1. The SMILES string of the molecule is CC(CNC(=O)c1cnc(Cl)c(Cl)c1)C(=O)O. The predicted octanol–water partition coefficient (Wildman–Crippen LogP) is 1.84. The van der Waals surface area contributed by atoms with Crippen molar-refractivity contribution in [2.75, 3.05) is 6.54 Å². The second kappa shape index (κ2) is 5.84. The number of rotatable bonds is 4. The molecule has 0 aliphatic rings. The molecule has 0 saturated heterocycles. The first-order valence-corrected chi connectivity index (χ1v) is 5.49. The Kier molecular flexibility index (Phi) is 4.72. The Hall–Kier alpha value is -1.33. The molecule has 1 amide bonds. The number of halogens is 2. The van der Waals surface area contributed by atoms with E-state index in [1.807, 2.05) is 0 Å². The Balaban J connectivity index is 2.64. The molecule has 1 aromatic heterocycles. The van der Waals surface area contributed by atoms with Gasteiger partial charge in [0.2, 0.25) is 0 Å². The molecule has 7 heteroatoms. The monoisotopic (exact) mass is 276 g/mol. The van der Waals surface area contributed by atoms with E-state index in [2.05, 4.69) is 10.3 Å². The van der Waals surface area contributed by atoms with E-state index in [0.29, 0.717) is 0 Å². The molecule has 1 heterocycles. The molecule has 1 rings (SSSR count). The molecule has 0 radical (unpaired) electrons. The minimum Gasteiger partial charge on any atom is -0.481 e. The molecular weight excluding hydrogens is 267 g/mol. The molecule has 92 valence electrons. The number of hydrogen-bond donors (Lipinski definition) is 2. The zero-order chi connectivity index (χ0) is 13.0. The van der Waals surface area contributed by atoms with Crippen LogP contribution in [0.25, 0.3) is 0 Å². The maximum Gasteiger partial charge on any atom is 0.308 e. The Bertz CT molecular complexity index is 451. The van der Waals surface area contributed by atoms with Crippen molar-refractivity contribution in [1.29, 1.82) is 0 Å². The third-order valence-corrected chi connectivity index (χ3v) is 2.73. The van der Waals surface area contributed by atoms with E-state index < -0.39 is 17.8 Å². The number of nitrogens with zero attached hydrogens (tertiary/aromatic N) is 1. The second-order valence-electron chi connectivity index (χ2n) is 3.45. The Morgan fingerprint density at radius 3 is 2.71 bits per heavy atom. The summed E-state index contributed by atoms with van der Waals surface area (Å²) in [6, 6.07) is 1.37. The summed E-state index contributed by atoms with van der Waals surface area (Å²) in [7, 11) is 0. The van der Waals surface area contributed by atoms with Crippen molar-refractivity contribution < 1.29 is 14.7 Å². The first-order valence-electron chi connectivity index (χ1n) is 4.74. The molecule has 0 bridgehead atoms. The van der Waals surface area contributed by atoms with Crippen molar-refractivity contribution in [2.45, 2.75) is 6.92 Å². The van der Waals surface area contributed by atoms with E-state index in [1.165, 1.54) is 19.2 Å². The topological polar surface area (TPSA) is 79.3 Å². The first kappa shape index (κ1) is 13.7. The summed E-state index contributed by atoms with van der Waals surface area (Å²) in [4.78, 5) is 25.9. The van der Waals surface area contributed by atoms with Crippen LogP contribution in [0, 0.1) is 5.92 Å². The van der Waals surface area contributed by atoms with Gasteiger partial charge in [0, 0.05) is 12.7 Å². The summed E-state index contributed by atoms with van der Waals surface area (Å²) < 4.78 is 0. The summed E-state index contributed by atoms with van der Waals surface area (Å²) in [5.41, 5.74) is 0.233. The number of carbonyl (C=O) groups is 2. The normalized spacial score (nSPS) is 11.9. The van der Waals surface area contributed by atoms with Crippen LogP contribution in [0.1, 0.15) is 17.3 Å². The molecule has 0 aromatic carbocycles. The molecule has 2 N–H and O–H groups in total. The maximum absolute atomic E-state index is 11.6. The van der Waals surface area contributed by atoms with Gasteiger partial charge in [-0.15, -0.1) is 0 Å². The highest BCUT2D eigenvalue weighted by Gasteiger charge is 2.14. The minimum atomic E-state index is -0.974. The third kappa shape index (κ3) is 3.87. The molecule has 0 saturated carbocycles. The van der Waals surface area contributed by atoms with Crippen LogP contribution in [-0.2, 0) is 4.79 Å². The van der Waals surface area contributed by atoms with Gasteiger partial charge in [0.05, 0.1) is 16.5 Å². The average molecular weight is 277 g/mol. The summed E-state index contributed by atoms with van der Waals surface area (Å²) in [5.74, 6) is -2.07. The maximum atomic E-state index is 11.6. The average Bonchev–Trinajstić information content (AvgIpc) is 2.28. The minimum absolute atomic E-state index is 0.0361. The van der Waals surface area contributed by atoms with Gasteiger partial charge in [-0.05, 0) is 6.07 Å². The molecule has 5 nitrogen and oxygen atoms in total. The van der Waals surface area contributed by atoms with E-state index >= 15 is 0 Å². The van der Waals surface area contributed by atoms with E-state index in [1.54, 1.807) is 0 Å². The molecular formula is C10H10Cl2N2O3. The number of pyridine rings is 1. The standard InChI is InChI=1S/C10H10Cl2N2O3/c1-5(10(16)17)3-14-9(15)6-2-7(11)8(12)13-4-6/h2,4-5H,3H2,1H3,(H,14,15)(H,16,17). The van der Waals surface area contributed by atoms with Gasteiger partial charge in [0.15, 0.2) is 0 Å². The van der Waals surface area contributed by atoms with Gasteiger partial charge in [0.25, 0.3) is 5.91 Å². The lowest BCUT2D eigenvalue weighted by Crippen LogP contribution is -2.31. The van der Waals surface area contributed by atoms with Gasteiger partial charge in [-0.3, -0.25) is 9.59 Å². The van der Waals surface area contributed by atoms with Crippen LogP contribution in [0.2, 0.25) is 10.2 Å². The van der Waals surface area contributed by atoms with Crippen molar-refractivity contribution in [2.24, 2.45) is 5.92 Å². The smallest absolute Gasteiger partial charge is 0.308 e. The largest absolute Gasteiger partial charge is 0.481 e. The van der Waals surface area contributed by atoms with Gasteiger partial charge >= 0.3 is 5.97 Å². The number of hydrogen-bond acceptors (Lipinski definition) is 3. The van der Waals surface area contributed by atoms with Crippen LogP contribution < -0.4 is 5.32 Å². The van der Waals surface area contributed by atoms with Crippen LogP contribution in [0.3, 0.4) is 0 Å². The number of nitrogens with one attached hydrogen (secondary N) is 1. The lowest BCUT2D eigenvalue weighted by Gasteiger charge is -2.08. The Morgan fingerprint density at radius 2 is 2.18 bits per heavy atom. The van der Waals surface area contributed by atoms with Crippen molar-refractivity contribution in [3.05, 3.63) is 28.0 Å². The molecule has 1 aromatic rings. The number of carboxylic acids is 1. The van der Waals surface area contributed by atoms with E-state index in [-0.39, 0.29) is 22.3 Å². The molecule has 1 unspecified atom stereocenters. The zero-order valence-corrected chi connectivity index (χ0v) is 10.4. The van der Waals surface area contributed by atoms with E-state index in [0.717, 1.165) is 0 Å². The Labute approximate surface area is 108 Å². The molecule has 0 aliphatic carbocycles. The van der Waals surface area contributed by atoms with Crippen molar-refractivity contribution in [3.63, 3.8) is 0 Å². The summed E-state index contributed by atoms with van der Waals surface area (Å²) in [6.07, 6.45) is 1.27. The quantitative estimate of drug-likeness (QED) is 0.823. The third-order valence-electron chi connectivity index (χ3n) is 2.05. The summed E-state index contributed by atoms with van der Waals surface area (Å²) in [6.45, 7) is 1.53. The predicted molar refractivity (Wildman–Crippen MR) is 63.4 cm³/mol. The van der Waals surface area contributed by atoms with Gasteiger partial charge in [-0.2, -0.15) is 0 Å². The number of aromatic nitrogens is 1. The molecule has 17 heavy (non-hydrogen) atoms. The summed E-state index contributed by atoms with van der Waals surface area (Å²) in [5, 5.41) is 11.4. The highest BCUT2D eigenvalue weighted by molar-refractivity contribution is 6.41. The zero-order valence-electron chi connectivity index (χ0n) is 8.91. The first-order chi connectivity index (χ1) is 7.91. The van der Waals surface area contributed by atoms with Crippen LogP contribution in [0.5, 0.6) is 0 Å². The number of aliphatic carboxylic acids is 1. The van der Waals surface area contributed by atoms with Crippen molar-refractivity contribution in [1.82, 2.24) is 10.3 Å². The fourth-order valence-electron chi connectivity index (χ4n) is 0.981. The van der Waals surface area contributed by atoms with Crippen LogP contribution >= 0.6 is 23.2 Å². The van der Waals surface area contributed by atoms with E-state index in [4.69, 9.17) is 28.3 Å². The van der Waals surface area contributed by atoms with Crippen molar-refractivity contribution in [3.8, 4) is 0 Å². The lowest BCUT2D eigenvalue weighted by molar-refractivity contribution is -0.140. The van der Waals surface area contributed by atoms with Gasteiger partial charge in [-0.25, -0.2) is 4.98 Å².